The SMILES string of the molecule is Cl.NS(=O)(=O)c1ccc2c(C(F)(F)F)nccc2c1. The zero-order valence-corrected chi connectivity index (χ0v) is 10.8. The third-order valence-corrected chi connectivity index (χ3v) is 3.24. The van der Waals surface area contributed by atoms with Gasteiger partial charge >= 0.3 is 6.18 Å². The van der Waals surface area contributed by atoms with Crippen LogP contribution < -0.4 is 5.14 Å². The molecular formula is C10H8ClF3N2O2S. The molecule has 1 aromatic carbocycles. The van der Waals surface area contributed by atoms with Crippen molar-refractivity contribution in [2.45, 2.75) is 11.1 Å². The molecular weight excluding hydrogens is 305 g/mol. The predicted octanol–water partition coefficient (Wildman–Crippen LogP) is 2.32. The average Bonchev–Trinajstić information content (AvgIpc) is 2.25. The number of aromatic nitrogens is 1. The molecule has 9 heteroatoms. The largest absolute Gasteiger partial charge is 0.433 e. The molecule has 0 fully saturated rings. The molecule has 0 aliphatic rings. The maximum Gasteiger partial charge on any atom is 0.433 e. The summed E-state index contributed by atoms with van der Waals surface area (Å²) in [5.41, 5.74) is -1.05. The minimum Gasteiger partial charge on any atom is -0.251 e. The molecule has 2 N–H and O–H groups in total. The highest BCUT2D eigenvalue weighted by molar-refractivity contribution is 7.89. The van der Waals surface area contributed by atoms with E-state index in [1.165, 1.54) is 6.07 Å². The smallest absolute Gasteiger partial charge is 0.251 e. The van der Waals surface area contributed by atoms with E-state index in [-0.39, 0.29) is 28.1 Å². The Bertz CT molecular complexity index is 716. The van der Waals surface area contributed by atoms with E-state index in [4.69, 9.17) is 5.14 Å². The van der Waals surface area contributed by atoms with Crippen LogP contribution >= 0.6 is 12.4 Å². The Labute approximate surface area is 112 Å². The molecule has 0 amide bonds. The van der Waals surface area contributed by atoms with E-state index < -0.39 is 21.9 Å². The van der Waals surface area contributed by atoms with E-state index >= 15 is 0 Å². The Balaban J connectivity index is 0.00000180. The standard InChI is InChI=1S/C10H7F3N2O2S.ClH/c11-10(12,13)9-8-2-1-7(18(14,16)17)5-6(8)3-4-15-9;/h1-5H,(H2,14,16,17);1H. The second kappa shape index (κ2) is 4.95. The van der Waals surface area contributed by atoms with Crippen LogP contribution in [0.2, 0.25) is 0 Å². The number of sulfonamides is 1. The van der Waals surface area contributed by atoms with Gasteiger partial charge < -0.3 is 0 Å². The van der Waals surface area contributed by atoms with Crippen molar-refractivity contribution >= 4 is 33.2 Å². The fourth-order valence-corrected chi connectivity index (χ4v) is 2.11. The summed E-state index contributed by atoms with van der Waals surface area (Å²) in [5.74, 6) is 0. The quantitative estimate of drug-likeness (QED) is 0.878. The summed E-state index contributed by atoms with van der Waals surface area (Å²) in [4.78, 5) is 3.02. The number of benzene rings is 1. The van der Waals surface area contributed by atoms with Gasteiger partial charge in [0.2, 0.25) is 10.0 Å². The number of alkyl halides is 3. The van der Waals surface area contributed by atoms with Crippen LogP contribution in [0.3, 0.4) is 0 Å². The van der Waals surface area contributed by atoms with Gasteiger partial charge in [-0.15, -0.1) is 12.4 Å². The van der Waals surface area contributed by atoms with Crippen molar-refractivity contribution in [2.24, 2.45) is 5.14 Å². The summed E-state index contributed by atoms with van der Waals surface area (Å²) in [5, 5.41) is 4.85. The first-order valence-electron chi connectivity index (χ1n) is 4.68. The van der Waals surface area contributed by atoms with E-state index in [2.05, 4.69) is 4.98 Å². The molecule has 0 bridgehead atoms. The van der Waals surface area contributed by atoms with Crippen LogP contribution in [-0.2, 0) is 16.2 Å². The van der Waals surface area contributed by atoms with Gasteiger partial charge in [-0.25, -0.2) is 13.6 Å². The Morgan fingerprint density at radius 1 is 1.16 bits per heavy atom. The first kappa shape index (κ1) is 15.7. The molecule has 2 rings (SSSR count). The summed E-state index contributed by atoms with van der Waals surface area (Å²) < 4.78 is 60.1. The normalized spacial score (nSPS) is 12.2. The molecule has 0 saturated carbocycles. The molecule has 0 atom stereocenters. The number of fused-ring (bicyclic) bond motifs is 1. The topological polar surface area (TPSA) is 73.1 Å². The molecule has 104 valence electrons. The van der Waals surface area contributed by atoms with E-state index in [0.29, 0.717) is 0 Å². The molecule has 1 heterocycles. The fourth-order valence-electron chi connectivity index (χ4n) is 1.56. The Hall–Kier alpha value is -1.38. The Morgan fingerprint density at radius 3 is 2.32 bits per heavy atom. The minimum absolute atomic E-state index is 0. The highest BCUT2D eigenvalue weighted by Crippen LogP contribution is 2.33. The highest BCUT2D eigenvalue weighted by atomic mass is 35.5. The van der Waals surface area contributed by atoms with E-state index in [1.807, 2.05) is 0 Å². The molecule has 0 unspecified atom stereocenters. The number of nitrogens with zero attached hydrogens (tertiary/aromatic N) is 1. The second-order valence-corrected chi connectivity index (χ2v) is 5.15. The van der Waals surface area contributed by atoms with Crippen LogP contribution in [0.1, 0.15) is 5.69 Å². The van der Waals surface area contributed by atoms with E-state index in [0.717, 1.165) is 24.4 Å². The average molecular weight is 313 g/mol. The number of hydrogen-bond donors (Lipinski definition) is 1. The van der Waals surface area contributed by atoms with Crippen molar-refractivity contribution < 1.29 is 21.6 Å². The summed E-state index contributed by atoms with van der Waals surface area (Å²) in [7, 11) is -3.94. The first-order chi connectivity index (χ1) is 8.19. The number of primary sulfonamides is 1. The maximum absolute atomic E-state index is 12.6. The van der Waals surface area contributed by atoms with Crippen LogP contribution in [0.25, 0.3) is 10.8 Å². The highest BCUT2D eigenvalue weighted by Gasteiger charge is 2.34. The number of rotatable bonds is 1. The number of halogens is 4. The van der Waals surface area contributed by atoms with Gasteiger partial charge in [0.1, 0.15) is 0 Å². The number of nitrogens with two attached hydrogens (primary N) is 1. The van der Waals surface area contributed by atoms with Crippen LogP contribution in [0.4, 0.5) is 13.2 Å². The Morgan fingerprint density at radius 2 is 1.79 bits per heavy atom. The summed E-state index contributed by atoms with van der Waals surface area (Å²) in [6.45, 7) is 0. The van der Waals surface area contributed by atoms with Crippen LogP contribution in [-0.4, -0.2) is 13.4 Å². The number of pyridine rings is 1. The molecule has 4 nitrogen and oxygen atoms in total. The zero-order valence-electron chi connectivity index (χ0n) is 9.18. The van der Waals surface area contributed by atoms with Crippen LogP contribution in [0, 0.1) is 0 Å². The maximum atomic E-state index is 12.6. The van der Waals surface area contributed by atoms with Gasteiger partial charge in [0, 0.05) is 11.6 Å². The van der Waals surface area contributed by atoms with Crippen molar-refractivity contribution in [3.8, 4) is 0 Å². The lowest BCUT2D eigenvalue weighted by Gasteiger charge is -2.09. The molecule has 0 spiro atoms. The summed E-state index contributed by atoms with van der Waals surface area (Å²) in [6.07, 6.45) is -3.62. The molecule has 19 heavy (non-hydrogen) atoms. The Kier molecular flexibility index (Phi) is 4.08. The molecule has 0 radical (unpaired) electrons. The lowest BCUT2D eigenvalue weighted by atomic mass is 10.1. The zero-order chi connectivity index (χ0) is 13.6. The van der Waals surface area contributed by atoms with Gasteiger partial charge in [0.25, 0.3) is 0 Å². The lowest BCUT2D eigenvalue weighted by Crippen LogP contribution is -2.12. The van der Waals surface area contributed by atoms with Gasteiger partial charge in [0.05, 0.1) is 4.90 Å². The van der Waals surface area contributed by atoms with Crippen molar-refractivity contribution in [2.75, 3.05) is 0 Å². The van der Waals surface area contributed by atoms with Crippen molar-refractivity contribution in [3.05, 3.63) is 36.2 Å². The van der Waals surface area contributed by atoms with E-state index in [9.17, 15) is 21.6 Å². The summed E-state index contributed by atoms with van der Waals surface area (Å²) >= 11 is 0. The van der Waals surface area contributed by atoms with Gasteiger partial charge in [-0.3, -0.25) is 4.98 Å². The van der Waals surface area contributed by atoms with Crippen molar-refractivity contribution in [3.63, 3.8) is 0 Å². The first-order valence-corrected chi connectivity index (χ1v) is 6.23. The van der Waals surface area contributed by atoms with Crippen LogP contribution in [0.15, 0.2) is 35.4 Å². The van der Waals surface area contributed by atoms with Crippen molar-refractivity contribution in [1.82, 2.24) is 4.98 Å². The number of hydrogen-bond acceptors (Lipinski definition) is 3. The van der Waals surface area contributed by atoms with E-state index in [1.54, 1.807) is 0 Å². The predicted molar refractivity (Wildman–Crippen MR) is 65.4 cm³/mol. The molecule has 0 aliphatic carbocycles. The van der Waals surface area contributed by atoms with Gasteiger partial charge in [0.15, 0.2) is 5.69 Å². The third-order valence-electron chi connectivity index (χ3n) is 2.33. The second-order valence-electron chi connectivity index (χ2n) is 3.59. The van der Waals surface area contributed by atoms with Gasteiger partial charge in [-0.1, -0.05) is 6.07 Å². The minimum atomic E-state index is -4.59. The van der Waals surface area contributed by atoms with Gasteiger partial charge in [-0.05, 0) is 23.6 Å². The molecule has 0 aliphatic heterocycles. The lowest BCUT2D eigenvalue weighted by molar-refractivity contribution is -0.139. The third kappa shape index (κ3) is 3.14. The van der Waals surface area contributed by atoms with Crippen LogP contribution in [0.5, 0.6) is 0 Å². The molecule has 1 aromatic heterocycles. The summed E-state index contributed by atoms with van der Waals surface area (Å²) in [6, 6.07) is 4.44. The monoisotopic (exact) mass is 312 g/mol. The van der Waals surface area contributed by atoms with Crippen molar-refractivity contribution in [1.29, 1.82) is 0 Å². The van der Waals surface area contributed by atoms with Gasteiger partial charge in [-0.2, -0.15) is 13.2 Å². The molecule has 0 saturated heterocycles. The molecule has 2 aromatic rings. The fraction of sp³-hybridized carbons (Fsp3) is 0.100.